The number of carbonyl (C=O) groups excluding carboxylic acids is 1. The van der Waals surface area contributed by atoms with E-state index in [9.17, 15) is 4.79 Å². The predicted octanol–water partition coefficient (Wildman–Crippen LogP) is 2.05. The van der Waals surface area contributed by atoms with Crippen LogP contribution in [0.2, 0.25) is 0 Å². The number of hydrogen-bond donors (Lipinski definition) is 0. The molecule has 0 aliphatic heterocycles. The first-order valence-electron chi connectivity index (χ1n) is 3.72. The van der Waals surface area contributed by atoms with Crippen molar-refractivity contribution in [1.29, 1.82) is 5.26 Å². The quantitative estimate of drug-likeness (QED) is 0.417. The highest BCUT2D eigenvalue weighted by Crippen LogP contribution is 2.02. The van der Waals surface area contributed by atoms with Gasteiger partial charge in [-0.2, -0.15) is 5.26 Å². The topological polar surface area (TPSA) is 40.9 Å². The summed E-state index contributed by atoms with van der Waals surface area (Å²) in [6, 6.07) is 2.09. The normalized spacial score (nSPS) is 8.70. The van der Waals surface area contributed by atoms with Crippen molar-refractivity contribution in [3.63, 3.8) is 0 Å². The molecule has 0 aliphatic rings. The molecule has 0 rings (SSSR count). The van der Waals surface area contributed by atoms with Crippen molar-refractivity contribution in [2.45, 2.75) is 38.5 Å². The van der Waals surface area contributed by atoms with Crippen LogP contribution in [-0.2, 0) is 4.79 Å². The molecule has 0 saturated heterocycles. The molecule has 56 valence electrons. The molecule has 0 atom stereocenters. The van der Waals surface area contributed by atoms with Crippen LogP contribution in [0.5, 0.6) is 0 Å². The molecule has 0 N–H and O–H groups in total. The standard InChI is InChI=1S/C8H13NO/c9-7-5-3-1-2-4-6-8-10/h8H,1-6H2. The van der Waals surface area contributed by atoms with Crippen LogP contribution < -0.4 is 0 Å². The third kappa shape index (κ3) is 7.16. The zero-order chi connectivity index (χ0) is 7.66. The van der Waals surface area contributed by atoms with E-state index in [4.69, 9.17) is 5.26 Å². The van der Waals surface area contributed by atoms with E-state index < -0.39 is 0 Å². The predicted molar refractivity (Wildman–Crippen MR) is 39.4 cm³/mol. The number of nitrogens with zero attached hydrogens (tertiary/aromatic N) is 1. The van der Waals surface area contributed by atoms with Crippen molar-refractivity contribution in [1.82, 2.24) is 0 Å². The van der Waals surface area contributed by atoms with Gasteiger partial charge < -0.3 is 4.79 Å². The van der Waals surface area contributed by atoms with Crippen LogP contribution in [0.4, 0.5) is 0 Å². The molecular formula is C8H13NO. The van der Waals surface area contributed by atoms with E-state index in [-0.39, 0.29) is 0 Å². The molecule has 10 heavy (non-hydrogen) atoms. The minimum absolute atomic E-state index is 0.654. The molecule has 0 aromatic carbocycles. The first-order valence-corrected chi connectivity index (χ1v) is 3.72. The average molecular weight is 139 g/mol. The maximum Gasteiger partial charge on any atom is 0.119 e. The Bertz CT molecular complexity index is 115. The van der Waals surface area contributed by atoms with Crippen molar-refractivity contribution < 1.29 is 4.79 Å². The van der Waals surface area contributed by atoms with Gasteiger partial charge >= 0.3 is 0 Å². The van der Waals surface area contributed by atoms with Gasteiger partial charge in [-0.25, -0.2) is 0 Å². The Balaban J connectivity index is 2.78. The van der Waals surface area contributed by atoms with Gasteiger partial charge in [0.1, 0.15) is 6.29 Å². The highest BCUT2D eigenvalue weighted by atomic mass is 16.1. The molecule has 0 aliphatic carbocycles. The van der Waals surface area contributed by atoms with Gasteiger partial charge in [0.25, 0.3) is 0 Å². The van der Waals surface area contributed by atoms with Gasteiger partial charge in [-0.1, -0.05) is 12.8 Å². The van der Waals surface area contributed by atoms with Gasteiger partial charge in [-0.15, -0.1) is 0 Å². The highest BCUT2D eigenvalue weighted by Gasteiger charge is 1.87. The van der Waals surface area contributed by atoms with E-state index in [0.717, 1.165) is 32.0 Å². The fraction of sp³-hybridized carbons (Fsp3) is 0.750. The summed E-state index contributed by atoms with van der Waals surface area (Å²) in [4.78, 5) is 9.84. The van der Waals surface area contributed by atoms with Crippen molar-refractivity contribution in [3.05, 3.63) is 0 Å². The highest BCUT2D eigenvalue weighted by molar-refractivity contribution is 5.48. The Morgan fingerprint density at radius 3 is 2.50 bits per heavy atom. The summed E-state index contributed by atoms with van der Waals surface area (Å²) in [5.41, 5.74) is 0. The second kappa shape index (κ2) is 8.16. The molecular weight excluding hydrogens is 126 g/mol. The summed E-state index contributed by atoms with van der Waals surface area (Å²) >= 11 is 0. The molecule has 0 saturated carbocycles. The zero-order valence-corrected chi connectivity index (χ0v) is 6.18. The SMILES string of the molecule is N#CCCCCCCC=O. The van der Waals surface area contributed by atoms with E-state index in [2.05, 4.69) is 6.07 Å². The maximum atomic E-state index is 9.84. The Labute approximate surface area is 61.8 Å². The lowest BCUT2D eigenvalue weighted by Gasteiger charge is -1.92. The van der Waals surface area contributed by atoms with Gasteiger partial charge in [0.05, 0.1) is 6.07 Å². The molecule has 0 spiro atoms. The lowest BCUT2D eigenvalue weighted by atomic mass is 10.1. The summed E-state index contributed by atoms with van der Waals surface area (Å²) in [6.07, 6.45) is 6.41. The van der Waals surface area contributed by atoms with Crippen LogP contribution in [0, 0.1) is 11.3 Å². The minimum atomic E-state index is 0.654. The van der Waals surface area contributed by atoms with Gasteiger partial charge in [-0.05, 0) is 12.8 Å². The molecule has 0 bridgehead atoms. The van der Waals surface area contributed by atoms with Crippen LogP contribution in [0.3, 0.4) is 0 Å². The number of unbranched alkanes of at least 4 members (excludes halogenated alkanes) is 5. The minimum Gasteiger partial charge on any atom is -0.303 e. The molecule has 0 aromatic rings. The van der Waals surface area contributed by atoms with E-state index in [1.807, 2.05) is 0 Å². The Morgan fingerprint density at radius 2 is 1.90 bits per heavy atom. The van der Waals surface area contributed by atoms with Crippen molar-refractivity contribution in [2.24, 2.45) is 0 Å². The molecule has 0 aromatic heterocycles. The van der Waals surface area contributed by atoms with Gasteiger partial charge in [-0.3, -0.25) is 0 Å². The second-order valence-corrected chi connectivity index (χ2v) is 2.28. The Kier molecular flexibility index (Phi) is 7.47. The maximum absolute atomic E-state index is 9.84. The monoisotopic (exact) mass is 139 g/mol. The van der Waals surface area contributed by atoms with Crippen molar-refractivity contribution in [3.8, 4) is 6.07 Å². The number of aldehydes is 1. The average Bonchev–Trinajstić information content (AvgIpc) is 1.97. The van der Waals surface area contributed by atoms with Crippen LogP contribution >= 0.6 is 0 Å². The van der Waals surface area contributed by atoms with Crippen LogP contribution in [-0.4, -0.2) is 6.29 Å². The summed E-state index contributed by atoms with van der Waals surface area (Å²) in [7, 11) is 0. The van der Waals surface area contributed by atoms with Gasteiger partial charge in [0, 0.05) is 12.8 Å². The summed E-state index contributed by atoms with van der Waals surface area (Å²) < 4.78 is 0. The number of rotatable bonds is 6. The molecule has 2 nitrogen and oxygen atoms in total. The largest absolute Gasteiger partial charge is 0.303 e. The zero-order valence-electron chi connectivity index (χ0n) is 6.18. The van der Waals surface area contributed by atoms with Crippen LogP contribution in [0.15, 0.2) is 0 Å². The second-order valence-electron chi connectivity index (χ2n) is 2.28. The lowest BCUT2D eigenvalue weighted by Crippen LogP contribution is -1.78. The van der Waals surface area contributed by atoms with E-state index in [0.29, 0.717) is 12.8 Å². The fourth-order valence-electron chi connectivity index (χ4n) is 0.785. The van der Waals surface area contributed by atoms with Crippen LogP contribution in [0.1, 0.15) is 38.5 Å². The molecule has 0 radical (unpaired) electrons. The van der Waals surface area contributed by atoms with E-state index in [1.54, 1.807) is 0 Å². The third-order valence-electron chi connectivity index (χ3n) is 1.36. The summed E-state index contributed by atoms with van der Waals surface area (Å²) in [5, 5.41) is 8.16. The lowest BCUT2D eigenvalue weighted by molar-refractivity contribution is -0.107. The fourth-order valence-corrected chi connectivity index (χ4v) is 0.785. The molecule has 0 fully saturated rings. The first-order chi connectivity index (χ1) is 4.91. The first kappa shape index (κ1) is 9.16. The van der Waals surface area contributed by atoms with Crippen LogP contribution in [0.25, 0.3) is 0 Å². The van der Waals surface area contributed by atoms with E-state index >= 15 is 0 Å². The van der Waals surface area contributed by atoms with E-state index in [1.165, 1.54) is 0 Å². The number of carbonyl (C=O) groups is 1. The Morgan fingerprint density at radius 1 is 1.20 bits per heavy atom. The molecule has 0 heterocycles. The summed E-state index contributed by atoms with van der Waals surface area (Å²) in [6.45, 7) is 0. The number of hydrogen-bond acceptors (Lipinski definition) is 2. The number of nitriles is 1. The molecule has 2 heteroatoms. The molecule has 0 unspecified atom stereocenters. The van der Waals surface area contributed by atoms with Gasteiger partial charge in [0.15, 0.2) is 0 Å². The Hall–Kier alpha value is -0.840. The van der Waals surface area contributed by atoms with Crippen molar-refractivity contribution >= 4 is 6.29 Å². The van der Waals surface area contributed by atoms with Crippen molar-refractivity contribution in [2.75, 3.05) is 0 Å². The summed E-state index contributed by atoms with van der Waals surface area (Å²) in [5.74, 6) is 0. The molecule has 0 amide bonds. The van der Waals surface area contributed by atoms with Gasteiger partial charge in [0.2, 0.25) is 0 Å². The smallest absolute Gasteiger partial charge is 0.119 e. The third-order valence-corrected chi connectivity index (χ3v) is 1.36.